The highest BCUT2D eigenvalue weighted by atomic mass is 35.5. The molecule has 0 saturated heterocycles. The monoisotopic (exact) mass is 318 g/mol. The molecule has 6 nitrogen and oxygen atoms in total. The second kappa shape index (κ2) is 5.95. The summed E-state index contributed by atoms with van der Waals surface area (Å²) in [6.07, 6.45) is 2.68. The number of ether oxygens (including phenoxy) is 1. The zero-order valence-electron chi connectivity index (χ0n) is 11.5. The molecule has 2 heterocycles. The third-order valence-corrected chi connectivity index (χ3v) is 3.23. The normalized spacial score (nSPS) is 10.5. The van der Waals surface area contributed by atoms with Gasteiger partial charge in [0.25, 0.3) is 5.91 Å². The highest BCUT2D eigenvalue weighted by molar-refractivity contribution is 6.32. The molecule has 7 heteroatoms. The number of hydrogen-bond donors (Lipinski definition) is 1. The maximum absolute atomic E-state index is 12.3. The Bertz CT molecular complexity index is 796. The van der Waals surface area contributed by atoms with Gasteiger partial charge in [-0.05, 0) is 30.3 Å². The number of methoxy groups -OCH3 is 1. The molecule has 0 aliphatic carbocycles. The quantitative estimate of drug-likeness (QED) is 0.790. The number of furan rings is 1. The number of benzene rings is 1. The van der Waals surface area contributed by atoms with Crippen molar-refractivity contribution in [3.63, 3.8) is 0 Å². The predicted molar refractivity (Wildman–Crippen MR) is 80.2 cm³/mol. The molecule has 0 radical (unpaired) electrons. The van der Waals surface area contributed by atoms with Crippen LogP contribution in [-0.2, 0) is 0 Å². The standard InChI is InChI=1S/C15H11ClN2O4/c1-20-11-5-4-9(7-10(11)16)18-15(19)13-14(22-8-17-13)12-3-2-6-21-12/h2-8H,1H3,(H,18,19). The van der Waals surface area contributed by atoms with Gasteiger partial charge in [-0.1, -0.05) is 11.6 Å². The van der Waals surface area contributed by atoms with E-state index in [9.17, 15) is 4.79 Å². The summed E-state index contributed by atoms with van der Waals surface area (Å²) >= 11 is 6.02. The van der Waals surface area contributed by atoms with E-state index in [0.717, 1.165) is 0 Å². The number of carbonyl (C=O) groups is 1. The molecule has 0 aliphatic rings. The number of rotatable bonds is 4. The van der Waals surface area contributed by atoms with E-state index in [2.05, 4.69) is 10.3 Å². The average Bonchev–Trinajstić information content (AvgIpc) is 3.18. The summed E-state index contributed by atoms with van der Waals surface area (Å²) in [5.41, 5.74) is 0.645. The third-order valence-electron chi connectivity index (χ3n) is 2.94. The Morgan fingerprint density at radius 3 is 2.86 bits per heavy atom. The molecule has 3 rings (SSSR count). The SMILES string of the molecule is COc1ccc(NC(=O)c2ncoc2-c2ccco2)cc1Cl. The third kappa shape index (κ3) is 2.68. The highest BCUT2D eigenvalue weighted by Gasteiger charge is 2.20. The van der Waals surface area contributed by atoms with Gasteiger partial charge in [-0.25, -0.2) is 4.98 Å². The minimum atomic E-state index is -0.429. The molecule has 0 fully saturated rings. The first-order valence-electron chi connectivity index (χ1n) is 6.31. The molecule has 2 aromatic heterocycles. The molecule has 0 saturated carbocycles. The lowest BCUT2D eigenvalue weighted by atomic mass is 10.2. The van der Waals surface area contributed by atoms with Crippen molar-refractivity contribution >= 4 is 23.2 Å². The van der Waals surface area contributed by atoms with Gasteiger partial charge in [0.1, 0.15) is 5.75 Å². The highest BCUT2D eigenvalue weighted by Crippen LogP contribution is 2.28. The Morgan fingerprint density at radius 2 is 2.18 bits per heavy atom. The second-order valence-corrected chi connectivity index (χ2v) is 4.72. The van der Waals surface area contributed by atoms with E-state index in [-0.39, 0.29) is 11.5 Å². The maximum atomic E-state index is 12.3. The fourth-order valence-corrected chi connectivity index (χ4v) is 2.18. The Hall–Kier alpha value is -2.73. The minimum Gasteiger partial charge on any atom is -0.495 e. The lowest BCUT2D eigenvalue weighted by Gasteiger charge is -2.07. The molecule has 1 aromatic carbocycles. The number of halogens is 1. The molecular formula is C15H11ClN2O4. The smallest absolute Gasteiger partial charge is 0.278 e. The molecule has 0 bridgehead atoms. The molecule has 1 amide bonds. The van der Waals surface area contributed by atoms with Gasteiger partial charge < -0.3 is 18.9 Å². The van der Waals surface area contributed by atoms with Gasteiger partial charge in [0.05, 0.1) is 18.4 Å². The molecule has 22 heavy (non-hydrogen) atoms. The zero-order chi connectivity index (χ0) is 15.5. The number of nitrogens with zero attached hydrogens (tertiary/aromatic N) is 1. The number of oxazole rings is 1. The maximum Gasteiger partial charge on any atom is 0.278 e. The summed E-state index contributed by atoms with van der Waals surface area (Å²) in [5.74, 6) is 0.788. The van der Waals surface area contributed by atoms with E-state index in [1.807, 2.05) is 0 Å². The lowest BCUT2D eigenvalue weighted by molar-refractivity contribution is 0.102. The van der Waals surface area contributed by atoms with Crippen LogP contribution in [0.4, 0.5) is 5.69 Å². The average molecular weight is 319 g/mol. The van der Waals surface area contributed by atoms with Crippen LogP contribution < -0.4 is 10.1 Å². The first-order valence-corrected chi connectivity index (χ1v) is 6.69. The number of hydrogen-bond acceptors (Lipinski definition) is 5. The Morgan fingerprint density at radius 1 is 1.32 bits per heavy atom. The first-order chi connectivity index (χ1) is 10.7. The fourth-order valence-electron chi connectivity index (χ4n) is 1.92. The number of anilines is 1. The van der Waals surface area contributed by atoms with Gasteiger partial charge in [-0.2, -0.15) is 0 Å². The van der Waals surface area contributed by atoms with Crippen LogP contribution in [0.25, 0.3) is 11.5 Å². The molecule has 112 valence electrons. The molecule has 0 unspecified atom stereocenters. The second-order valence-electron chi connectivity index (χ2n) is 4.31. The zero-order valence-corrected chi connectivity index (χ0v) is 12.3. The van der Waals surface area contributed by atoms with Crippen LogP contribution in [0.1, 0.15) is 10.5 Å². The number of amides is 1. The molecule has 1 N–H and O–H groups in total. The fraction of sp³-hybridized carbons (Fsp3) is 0.0667. The van der Waals surface area contributed by atoms with Crippen molar-refractivity contribution in [3.8, 4) is 17.3 Å². The largest absolute Gasteiger partial charge is 0.495 e. The molecular weight excluding hydrogens is 308 g/mol. The summed E-state index contributed by atoms with van der Waals surface area (Å²) in [7, 11) is 1.52. The van der Waals surface area contributed by atoms with Crippen LogP contribution in [0.15, 0.2) is 51.8 Å². The van der Waals surface area contributed by atoms with Gasteiger partial charge >= 0.3 is 0 Å². The summed E-state index contributed by atoms with van der Waals surface area (Å²) in [4.78, 5) is 16.2. The van der Waals surface area contributed by atoms with E-state index in [0.29, 0.717) is 22.2 Å². The lowest BCUT2D eigenvalue weighted by Crippen LogP contribution is -2.13. The Balaban J connectivity index is 1.84. The van der Waals surface area contributed by atoms with E-state index in [1.165, 1.54) is 19.8 Å². The van der Waals surface area contributed by atoms with Crippen LogP contribution in [0.3, 0.4) is 0 Å². The van der Waals surface area contributed by atoms with Crippen molar-refractivity contribution in [2.45, 2.75) is 0 Å². The minimum absolute atomic E-state index is 0.127. The van der Waals surface area contributed by atoms with Gasteiger partial charge in [0.15, 0.2) is 17.8 Å². The van der Waals surface area contributed by atoms with Gasteiger partial charge in [-0.15, -0.1) is 0 Å². The first kappa shape index (κ1) is 14.2. The van der Waals surface area contributed by atoms with Crippen LogP contribution in [-0.4, -0.2) is 18.0 Å². The van der Waals surface area contributed by atoms with Crippen molar-refractivity contribution in [1.29, 1.82) is 0 Å². The van der Waals surface area contributed by atoms with E-state index >= 15 is 0 Å². The van der Waals surface area contributed by atoms with E-state index in [4.69, 9.17) is 25.2 Å². The van der Waals surface area contributed by atoms with Crippen molar-refractivity contribution in [1.82, 2.24) is 4.98 Å². The van der Waals surface area contributed by atoms with Crippen LogP contribution >= 0.6 is 11.6 Å². The topological polar surface area (TPSA) is 77.5 Å². The summed E-state index contributed by atoms with van der Waals surface area (Å²) < 4.78 is 15.5. The molecule has 0 spiro atoms. The molecule has 0 atom stereocenters. The summed E-state index contributed by atoms with van der Waals surface area (Å²) in [6.45, 7) is 0. The van der Waals surface area contributed by atoms with Crippen molar-refractivity contribution in [3.05, 3.63) is 53.7 Å². The Labute approximate surface area is 130 Å². The van der Waals surface area contributed by atoms with Gasteiger partial charge in [0.2, 0.25) is 5.76 Å². The van der Waals surface area contributed by atoms with Crippen LogP contribution in [0.2, 0.25) is 5.02 Å². The Kier molecular flexibility index (Phi) is 3.84. The van der Waals surface area contributed by atoms with Crippen molar-refractivity contribution < 1.29 is 18.4 Å². The summed E-state index contributed by atoms with van der Waals surface area (Å²) in [6, 6.07) is 8.30. The number of carbonyl (C=O) groups excluding carboxylic acids is 1. The molecule has 0 aliphatic heterocycles. The number of nitrogens with one attached hydrogen (secondary N) is 1. The van der Waals surface area contributed by atoms with Crippen LogP contribution in [0, 0.1) is 0 Å². The van der Waals surface area contributed by atoms with Gasteiger partial charge in [0, 0.05) is 5.69 Å². The molecule has 3 aromatic rings. The van der Waals surface area contributed by atoms with Crippen LogP contribution in [0.5, 0.6) is 5.75 Å². The predicted octanol–water partition coefficient (Wildman–Crippen LogP) is 3.85. The van der Waals surface area contributed by atoms with Crippen molar-refractivity contribution in [2.24, 2.45) is 0 Å². The number of aromatic nitrogens is 1. The van der Waals surface area contributed by atoms with E-state index in [1.54, 1.807) is 30.3 Å². The van der Waals surface area contributed by atoms with E-state index < -0.39 is 5.91 Å². The van der Waals surface area contributed by atoms with Crippen molar-refractivity contribution in [2.75, 3.05) is 12.4 Å². The summed E-state index contributed by atoms with van der Waals surface area (Å²) in [5, 5.41) is 3.09. The van der Waals surface area contributed by atoms with Gasteiger partial charge in [-0.3, -0.25) is 4.79 Å².